The molecular weight excluding hydrogens is 278 g/mol. The Morgan fingerprint density at radius 1 is 1.26 bits per heavy atom. The Kier molecular flexibility index (Phi) is 3.57. The Hall–Kier alpha value is -2.28. The zero-order valence-corrected chi connectivity index (χ0v) is 10.1. The third-order valence-corrected chi connectivity index (χ3v) is 2.39. The molecule has 0 bridgehead atoms. The Labute approximate surface area is 111 Å². The van der Waals surface area contributed by atoms with E-state index < -0.39 is 28.8 Å². The van der Waals surface area contributed by atoms with Gasteiger partial charge in [-0.1, -0.05) is 11.6 Å². The van der Waals surface area contributed by atoms with Crippen LogP contribution in [0.5, 0.6) is 0 Å². The van der Waals surface area contributed by atoms with Gasteiger partial charge in [0.2, 0.25) is 0 Å². The minimum Gasteiger partial charge on any atom is -0.396 e. The van der Waals surface area contributed by atoms with Crippen LogP contribution in [0.4, 0.5) is 20.3 Å². The fourth-order valence-corrected chi connectivity index (χ4v) is 1.51. The molecule has 1 heterocycles. The summed E-state index contributed by atoms with van der Waals surface area (Å²) in [6.07, 6.45) is 1.12. The van der Waals surface area contributed by atoms with Gasteiger partial charge in [-0.3, -0.25) is 4.79 Å². The summed E-state index contributed by atoms with van der Waals surface area (Å²) in [5.74, 6) is -2.64. The number of nitrogens with one attached hydrogen (secondary N) is 1. The topological polar surface area (TPSA) is 80.9 Å². The number of anilines is 2. The first-order valence-corrected chi connectivity index (χ1v) is 5.38. The number of rotatable bonds is 2. The first-order valence-electron chi connectivity index (χ1n) is 5.01. The lowest BCUT2D eigenvalue weighted by atomic mass is 10.1. The zero-order chi connectivity index (χ0) is 14.0. The van der Waals surface area contributed by atoms with Crippen molar-refractivity contribution in [2.24, 2.45) is 0 Å². The average Bonchev–Trinajstić information content (AvgIpc) is 2.33. The summed E-state index contributed by atoms with van der Waals surface area (Å²) in [4.78, 5) is 19.1. The van der Waals surface area contributed by atoms with Crippen molar-refractivity contribution in [3.05, 3.63) is 46.9 Å². The minimum absolute atomic E-state index is 0.0623. The quantitative estimate of drug-likeness (QED) is 0.654. The molecule has 0 aliphatic carbocycles. The maximum atomic E-state index is 13.6. The van der Waals surface area contributed by atoms with E-state index in [-0.39, 0.29) is 11.0 Å². The van der Waals surface area contributed by atoms with E-state index in [1.54, 1.807) is 0 Å². The fourth-order valence-electron chi connectivity index (χ4n) is 1.36. The molecule has 5 nitrogen and oxygen atoms in total. The molecule has 1 aromatic heterocycles. The van der Waals surface area contributed by atoms with E-state index in [1.807, 2.05) is 0 Å². The van der Waals surface area contributed by atoms with Crippen molar-refractivity contribution in [2.45, 2.75) is 0 Å². The van der Waals surface area contributed by atoms with Crippen molar-refractivity contribution < 1.29 is 13.6 Å². The van der Waals surface area contributed by atoms with E-state index in [1.165, 1.54) is 6.07 Å². The van der Waals surface area contributed by atoms with Gasteiger partial charge < -0.3 is 11.1 Å². The normalized spacial score (nSPS) is 10.3. The molecule has 2 aromatic rings. The molecule has 0 spiro atoms. The van der Waals surface area contributed by atoms with Crippen LogP contribution in [0.1, 0.15) is 10.4 Å². The number of benzene rings is 1. The van der Waals surface area contributed by atoms with E-state index in [0.717, 1.165) is 18.5 Å². The summed E-state index contributed by atoms with van der Waals surface area (Å²) in [6, 6.07) is 2.79. The van der Waals surface area contributed by atoms with Gasteiger partial charge in [0, 0.05) is 6.07 Å². The lowest BCUT2D eigenvalue weighted by Crippen LogP contribution is -2.16. The Bertz CT molecular complexity index is 651. The van der Waals surface area contributed by atoms with Crippen LogP contribution in [0.25, 0.3) is 0 Å². The molecule has 1 amide bonds. The standard InChI is InChI=1S/C11H7ClF2N4O/c12-8-3-9(17-4-16-8)18-11(19)6-1-5(13)2-7(15)10(6)14/h1-4H,15H2,(H,16,17,18,19). The van der Waals surface area contributed by atoms with Gasteiger partial charge in [0.05, 0.1) is 11.3 Å². The fraction of sp³-hybridized carbons (Fsp3) is 0. The van der Waals surface area contributed by atoms with Crippen molar-refractivity contribution in [2.75, 3.05) is 11.1 Å². The van der Waals surface area contributed by atoms with E-state index in [0.29, 0.717) is 0 Å². The molecule has 0 aliphatic rings. The highest BCUT2D eigenvalue weighted by Gasteiger charge is 2.16. The first kappa shape index (κ1) is 13.2. The summed E-state index contributed by atoms with van der Waals surface area (Å²) in [5, 5.41) is 2.36. The van der Waals surface area contributed by atoms with Crippen LogP contribution in [-0.2, 0) is 0 Å². The first-order chi connectivity index (χ1) is 8.97. The van der Waals surface area contributed by atoms with Gasteiger partial charge in [0.1, 0.15) is 23.1 Å². The van der Waals surface area contributed by atoms with Crippen molar-refractivity contribution >= 4 is 29.0 Å². The molecular formula is C11H7ClF2N4O. The van der Waals surface area contributed by atoms with Gasteiger partial charge in [-0.25, -0.2) is 18.7 Å². The third-order valence-electron chi connectivity index (χ3n) is 2.19. The van der Waals surface area contributed by atoms with E-state index in [4.69, 9.17) is 17.3 Å². The number of amides is 1. The number of hydrogen-bond donors (Lipinski definition) is 2. The number of carbonyl (C=O) groups excluding carboxylic acids is 1. The molecule has 1 aromatic carbocycles. The Balaban J connectivity index is 2.30. The van der Waals surface area contributed by atoms with Gasteiger partial charge in [0.15, 0.2) is 5.82 Å². The zero-order valence-electron chi connectivity index (χ0n) is 9.32. The summed E-state index contributed by atoms with van der Waals surface area (Å²) in [7, 11) is 0. The number of carbonyl (C=O) groups is 1. The lowest BCUT2D eigenvalue weighted by Gasteiger charge is -2.07. The van der Waals surface area contributed by atoms with Crippen LogP contribution < -0.4 is 11.1 Å². The van der Waals surface area contributed by atoms with Crippen molar-refractivity contribution in [3.8, 4) is 0 Å². The summed E-state index contributed by atoms with van der Waals surface area (Å²) >= 11 is 5.60. The maximum Gasteiger partial charge on any atom is 0.259 e. The van der Waals surface area contributed by atoms with Crippen molar-refractivity contribution in [1.82, 2.24) is 9.97 Å². The largest absolute Gasteiger partial charge is 0.396 e. The SMILES string of the molecule is Nc1cc(F)cc(C(=O)Nc2cc(Cl)ncn2)c1F. The second kappa shape index (κ2) is 5.15. The summed E-state index contributed by atoms with van der Waals surface area (Å²) in [5.41, 5.74) is 4.26. The van der Waals surface area contributed by atoms with Crippen LogP contribution in [0.15, 0.2) is 24.5 Å². The van der Waals surface area contributed by atoms with Crippen LogP contribution in [0.2, 0.25) is 5.15 Å². The molecule has 19 heavy (non-hydrogen) atoms. The van der Waals surface area contributed by atoms with Crippen molar-refractivity contribution in [1.29, 1.82) is 0 Å². The number of hydrogen-bond acceptors (Lipinski definition) is 4. The van der Waals surface area contributed by atoms with Gasteiger partial charge in [0.25, 0.3) is 5.91 Å². The maximum absolute atomic E-state index is 13.6. The lowest BCUT2D eigenvalue weighted by molar-refractivity contribution is 0.102. The summed E-state index contributed by atoms with van der Waals surface area (Å²) < 4.78 is 26.7. The highest BCUT2D eigenvalue weighted by molar-refractivity contribution is 6.29. The summed E-state index contributed by atoms with van der Waals surface area (Å²) in [6.45, 7) is 0. The third kappa shape index (κ3) is 2.94. The van der Waals surface area contributed by atoms with Gasteiger partial charge >= 0.3 is 0 Å². The molecule has 0 fully saturated rings. The van der Waals surface area contributed by atoms with Crippen LogP contribution in [-0.4, -0.2) is 15.9 Å². The predicted molar refractivity (Wildman–Crippen MR) is 65.8 cm³/mol. The second-order valence-electron chi connectivity index (χ2n) is 3.54. The van der Waals surface area contributed by atoms with Crippen LogP contribution >= 0.6 is 11.6 Å². The molecule has 0 saturated carbocycles. The predicted octanol–water partition coefficient (Wildman–Crippen LogP) is 2.24. The van der Waals surface area contributed by atoms with E-state index in [2.05, 4.69) is 15.3 Å². The molecule has 8 heteroatoms. The number of aromatic nitrogens is 2. The Morgan fingerprint density at radius 3 is 2.68 bits per heavy atom. The Morgan fingerprint density at radius 2 is 2.00 bits per heavy atom. The number of halogens is 3. The molecule has 0 unspecified atom stereocenters. The molecule has 0 saturated heterocycles. The number of nitrogen functional groups attached to an aromatic ring is 1. The number of nitrogens with zero attached hydrogens (tertiary/aromatic N) is 2. The molecule has 98 valence electrons. The van der Waals surface area contributed by atoms with E-state index >= 15 is 0 Å². The number of nitrogens with two attached hydrogens (primary N) is 1. The van der Waals surface area contributed by atoms with Crippen molar-refractivity contribution in [3.63, 3.8) is 0 Å². The molecule has 0 aliphatic heterocycles. The smallest absolute Gasteiger partial charge is 0.259 e. The monoisotopic (exact) mass is 284 g/mol. The van der Waals surface area contributed by atoms with Crippen LogP contribution in [0.3, 0.4) is 0 Å². The van der Waals surface area contributed by atoms with Gasteiger partial charge in [-0.2, -0.15) is 0 Å². The average molecular weight is 285 g/mol. The second-order valence-corrected chi connectivity index (χ2v) is 3.92. The van der Waals surface area contributed by atoms with E-state index in [9.17, 15) is 13.6 Å². The molecule has 0 radical (unpaired) electrons. The highest BCUT2D eigenvalue weighted by Crippen LogP contribution is 2.19. The highest BCUT2D eigenvalue weighted by atomic mass is 35.5. The minimum atomic E-state index is -1.00. The molecule has 3 N–H and O–H groups in total. The van der Waals surface area contributed by atoms with Crippen LogP contribution in [0, 0.1) is 11.6 Å². The van der Waals surface area contributed by atoms with Gasteiger partial charge in [-0.15, -0.1) is 0 Å². The van der Waals surface area contributed by atoms with Gasteiger partial charge in [-0.05, 0) is 12.1 Å². The molecule has 0 atom stereocenters. The molecule has 2 rings (SSSR count).